The molecule has 0 aliphatic rings. The van der Waals surface area contributed by atoms with Gasteiger partial charge in [-0.1, -0.05) is 91.0 Å². The topological polar surface area (TPSA) is 6.48 Å². The molecule has 0 atom stereocenters. The van der Waals surface area contributed by atoms with E-state index in [0.29, 0.717) is 0 Å². The molecule has 1 aromatic heterocycles. The van der Waals surface area contributed by atoms with Crippen LogP contribution in [-0.4, -0.2) is 7.05 Å². The van der Waals surface area contributed by atoms with Crippen molar-refractivity contribution in [1.29, 1.82) is 0 Å². The van der Waals surface area contributed by atoms with Crippen LogP contribution < -0.4 is 9.80 Å². The van der Waals surface area contributed by atoms with Gasteiger partial charge in [-0.15, -0.1) is 11.3 Å². The summed E-state index contributed by atoms with van der Waals surface area (Å²) < 4.78 is 2.62. The fraction of sp³-hybridized carbons (Fsp3) is 0.0270. The third-order valence-electron chi connectivity index (χ3n) is 7.50. The zero-order valence-corrected chi connectivity index (χ0v) is 23.1. The standard InChI is InChI=1S/C37H28N2S/c1-38(29-11-4-2-5-12-29)30-23-19-27(20-24-30)28-21-25-32(26-22-28)39(31-13-6-3-7-14-31)35-17-10-16-34-33-15-8-9-18-36(33)40-37(34)35/h2-26H,1H3. The molecule has 1 heterocycles. The number of anilines is 5. The van der Waals surface area contributed by atoms with Crippen molar-refractivity contribution in [2.24, 2.45) is 0 Å². The van der Waals surface area contributed by atoms with Crippen LogP contribution in [0.4, 0.5) is 28.4 Å². The molecule has 0 spiro atoms. The summed E-state index contributed by atoms with van der Waals surface area (Å²) in [6.45, 7) is 0. The Hall–Kier alpha value is -4.86. The quantitative estimate of drug-likeness (QED) is 0.210. The fourth-order valence-electron chi connectivity index (χ4n) is 5.39. The average molecular weight is 533 g/mol. The fourth-order valence-corrected chi connectivity index (χ4v) is 6.60. The van der Waals surface area contributed by atoms with Crippen LogP contribution in [0.5, 0.6) is 0 Å². The second kappa shape index (κ2) is 10.4. The summed E-state index contributed by atoms with van der Waals surface area (Å²) in [6.07, 6.45) is 0. The van der Waals surface area contributed by atoms with Crippen LogP contribution in [0, 0.1) is 0 Å². The van der Waals surface area contributed by atoms with Crippen molar-refractivity contribution in [3.05, 3.63) is 152 Å². The van der Waals surface area contributed by atoms with Gasteiger partial charge in [0.15, 0.2) is 0 Å². The molecule has 192 valence electrons. The van der Waals surface area contributed by atoms with E-state index in [2.05, 4.69) is 162 Å². The predicted octanol–water partition coefficient (Wildman–Crippen LogP) is 11.0. The van der Waals surface area contributed by atoms with Crippen molar-refractivity contribution in [3.8, 4) is 11.1 Å². The third-order valence-corrected chi connectivity index (χ3v) is 8.70. The predicted molar refractivity (Wildman–Crippen MR) is 174 cm³/mol. The first-order valence-corrected chi connectivity index (χ1v) is 14.3. The van der Waals surface area contributed by atoms with E-state index < -0.39 is 0 Å². The molecule has 7 aromatic rings. The number of hydrogen-bond donors (Lipinski definition) is 0. The normalized spacial score (nSPS) is 11.1. The molecule has 0 saturated carbocycles. The van der Waals surface area contributed by atoms with E-state index in [0.717, 1.165) is 11.4 Å². The van der Waals surface area contributed by atoms with E-state index in [4.69, 9.17) is 0 Å². The molecule has 0 saturated heterocycles. The summed E-state index contributed by atoms with van der Waals surface area (Å²) in [7, 11) is 2.11. The molecule has 0 fully saturated rings. The van der Waals surface area contributed by atoms with Crippen molar-refractivity contribution in [3.63, 3.8) is 0 Å². The zero-order valence-electron chi connectivity index (χ0n) is 22.2. The molecule has 0 bridgehead atoms. The monoisotopic (exact) mass is 532 g/mol. The number of benzene rings is 6. The molecule has 0 aliphatic heterocycles. The Labute approximate surface area is 239 Å². The molecule has 6 aromatic carbocycles. The Balaban J connectivity index is 1.26. The van der Waals surface area contributed by atoms with Crippen molar-refractivity contribution in [1.82, 2.24) is 0 Å². The molecule has 0 unspecified atom stereocenters. The number of fused-ring (bicyclic) bond motifs is 3. The van der Waals surface area contributed by atoms with Gasteiger partial charge in [0.2, 0.25) is 0 Å². The van der Waals surface area contributed by atoms with Gasteiger partial charge in [-0.25, -0.2) is 0 Å². The second-order valence-electron chi connectivity index (χ2n) is 9.91. The Kier molecular flexibility index (Phi) is 6.27. The number of rotatable bonds is 6. The van der Waals surface area contributed by atoms with Crippen LogP contribution >= 0.6 is 11.3 Å². The van der Waals surface area contributed by atoms with Gasteiger partial charge in [-0.2, -0.15) is 0 Å². The van der Waals surface area contributed by atoms with Crippen LogP contribution in [0.3, 0.4) is 0 Å². The Morgan fingerprint density at radius 2 is 0.925 bits per heavy atom. The van der Waals surface area contributed by atoms with E-state index >= 15 is 0 Å². The molecule has 2 nitrogen and oxygen atoms in total. The van der Waals surface area contributed by atoms with Gasteiger partial charge in [0.25, 0.3) is 0 Å². The highest BCUT2D eigenvalue weighted by molar-refractivity contribution is 7.26. The molecular weight excluding hydrogens is 504 g/mol. The van der Waals surface area contributed by atoms with Crippen LogP contribution in [-0.2, 0) is 0 Å². The number of para-hydroxylation sites is 2. The summed E-state index contributed by atoms with van der Waals surface area (Å²) >= 11 is 1.86. The summed E-state index contributed by atoms with van der Waals surface area (Å²) in [6, 6.07) is 54.2. The van der Waals surface area contributed by atoms with Gasteiger partial charge in [-0.05, 0) is 71.8 Å². The first kappa shape index (κ1) is 24.2. The minimum Gasteiger partial charge on any atom is -0.345 e. The van der Waals surface area contributed by atoms with Gasteiger partial charge >= 0.3 is 0 Å². The van der Waals surface area contributed by atoms with Crippen LogP contribution in [0.2, 0.25) is 0 Å². The highest BCUT2D eigenvalue weighted by Gasteiger charge is 2.17. The summed E-state index contributed by atoms with van der Waals surface area (Å²) in [4.78, 5) is 4.58. The molecule has 0 radical (unpaired) electrons. The summed E-state index contributed by atoms with van der Waals surface area (Å²) in [5.41, 5.74) is 8.23. The van der Waals surface area contributed by atoms with E-state index in [1.165, 1.54) is 48.4 Å². The lowest BCUT2D eigenvalue weighted by Gasteiger charge is -2.26. The van der Waals surface area contributed by atoms with E-state index in [-0.39, 0.29) is 0 Å². The molecule has 0 amide bonds. The first-order valence-electron chi connectivity index (χ1n) is 13.5. The third kappa shape index (κ3) is 4.41. The lowest BCUT2D eigenvalue weighted by Crippen LogP contribution is -2.09. The molecular formula is C37H28N2S. The van der Waals surface area contributed by atoms with E-state index in [1.807, 2.05) is 17.4 Å². The van der Waals surface area contributed by atoms with Gasteiger partial charge < -0.3 is 9.80 Å². The highest BCUT2D eigenvalue weighted by Crippen LogP contribution is 2.44. The maximum Gasteiger partial charge on any atom is 0.0640 e. The SMILES string of the molecule is CN(c1ccccc1)c1ccc(-c2ccc(N(c3ccccc3)c3cccc4c3sc3ccccc34)cc2)cc1. The minimum absolute atomic E-state index is 1.14. The number of thiophene rings is 1. The van der Waals surface area contributed by atoms with Crippen LogP contribution in [0.25, 0.3) is 31.3 Å². The average Bonchev–Trinajstić information content (AvgIpc) is 3.42. The maximum absolute atomic E-state index is 2.37. The summed E-state index contributed by atoms with van der Waals surface area (Å²) in [5, 5.41) is 2.62. The maximum atomic E-state index is 2.37. The van der Waals surface area contributed by atoms with Gasteiger partial charge in [-0.3, -0.25) is 0 Å². The second-order valence-corrected chi connectivity index (χ2v) is 11.0. The van der Waals surface area contributed by atoms with Crippen molar-refractivity contribution in [2.45, 2.75) is 0 Å². The van der Waals surface area contributed by atoms with Gasteiger partial charge in [0, 0.05) is 45.3 Å². The van der Waals surface area contributed by atoms with E-state index in [1.54, 1.807) is 0 Å². The van der Waals surface area contributed by atoms with Gasteiger partial charge in [0.1, 0.15) is 0 Å². The van der Waals surface area contributed by atoms with Gasteiger partial charge in [0.05, 0.1) is 10.4 Å². The Morgan fingerprint density at radius 3 is 1.60 bits per heavy atom. The Morgan fingerprint density at radius 1 is 0.425 bits per heavy atom. The van der Waals surface area contributed by atoms with Crippen molar-refractivity contribution >= 4 is 59.9 Å². The van der Waals surface area contributed by atoms with Crippen LogP contribution in [0.15, 0.2) is 152 Å². The summed E-state index contributed by atoms with van der Waals surface area (Å²) in [5.74, 6) is 0. The molecule has 0 N–H and O–H groups in total. The van der Waals surface area contributed by atoms with Crippen LogP contribution in [0.1, 0.15) is 0 Å². The molecule has 40 heavy (non-hydrogen) atoms. The highest BCUT2D eigenvalue weighted by atomic mass is 32.1. The molecule has 0 aliphatic carbocycles. The first-order chi connectivity index (χ1) is 19.8. The minimum atomic E-state index is 1.14. The number of hydrogen-bond acceptors (Lipinski definition) is 3. The molecule has 7 rings (SSSR count). The zero-order chi connectivity index (χ0) is 26.9. The lowest BCUT2D eigenvalue weighted by molar-refractivity contribution is 1.21. The Bertz CT molecular complexity index is 1890. The lowest BCUT2D eigenvalue weighted by atomic mass is 10.0. The molecule has 3 heteroatoms. The largest absolute Gasteiger partial charge is 0.345 e. The van der Waals surface area contributed by atoms with Crippen molar-refractivity contribution < 1.29 is 0 Å². The van der Waals surface area contributed by atoms with Crippen molar-refractivity contribution in [2.75, 3.05) is 16.8 Å². The van der Waals surface area contributed by atoms with E-state index in [9.17, 15) is 0 Å². The smallest absolute Gasteiger partial charge is 0.0640 e. The number of nitrogens with zero attached hydrogens (tertiary/aromatic N) is 2.